The highest BCUT2D eigenvalue weighted by molar-refractivity contribution is 5.16. The van der Waals surface area contributed by atoms with E-state index in [2.05, 4.69) is 33.0 Å². The zero-order valence-corrected chi connectivity index (χ0v) is 42.8. The van der Waals surface area contributed by atoms with E-state index in [1.807, 2.05) is 0 Å². The van der Waals surface area contributed by atoms with Gasteiger partial charge in [-0.25, -0.2) is 0 Å². The third-order valence-electron chi connectivity index (χ3n) is 20.6. The van der Waals surface area contributed by atoms with E-state index in [0.29, 0.717) is 47.8 Å². The molecular weight excluding hydrogens is 979 g/mol. The van der Waals surface area contributed by atoms with Crippen LogP contribution in [0.25, 0.3) is 0 Å². The number of hydrogen-bond acceptors (Lipinski definition) is 23. The molecule has 6 saturated heterocycles. The number of aliphatic hydroxyl groups excluding tert-OH is 13. The van der Waals surface area contributed by atoms with Crippen LogP contribution in [-0.4, -0.2) is 240 Å². The van der Waals surface area contributed by atoms with E-state index in [-0.39, 0.29) is 28.8 Å². The summed E-state index contributed by atoms with van der Waals surface area (Å²) in [6.07, 6.45) is -25.5. The minimum absolute atomic E-state index is 0.0906. The summed E-state index contributed by atoms with van der Waals surface area (Å²) in [4.78, 5) is 0. The van der Waals surface area contributed by atoms with Gasteiger partial charge in [-0.1, -0.05) is 27.7 Å². The fourth-order valence-corrected chi connectivity index (χ4v) is 16.3. The minimum atomic E-state index is -2.03. The summed E-state index contributed by atoms with van der Waals surface area (Å²) in [5.74, 6) is 3.80. The first-order chi connectivity index (χ1) is 35.2. The average Bonchev–Trinajstić information content (AvgIpc) is 3.84. The molecule has 10 aliphatic rings. The van der Waals surface area contributed by atoms with E-state index in [4.69, 9.17) is 42.6 Å². The molecule has 0 bridgehead atoms. The van der Waals surface area contributed by atoms with Gasteiger partial charge in [-0.05, 0) is 111 Å². The number of rotatable bonds is 12. The first kappa shape index (κ1) is 56.4. The van der Waals surface area contributed by atoms with Gasteiger partial charge in [0.05, 0.1) is 38.6 Å². The fraction of sp³-hybridized carbons (Fsp3) is 1.00. The van der Waals surface area contributed by atoms with Gasteiger partial charge in [-0.3, -0.25) is 5.32 Å². The van der Waals surface area contributed by atoms with Crippen LogP contribution in [0, 0.1) is 52.3 Å². The Kier molecular flexibility index (Phi) is 16.6. The molecule has 23 nitrogen and oxygen atoms in total. The van der Waals surface area contributed by atoms with Crippen molar-refractivity contribution >= 4 is 0 Å². The predicted octanol–water partition coefficient (Wildman–Crippen LogP) is -3.34. The first-order valence-corrected chi connectivity index (χ1v) is 27.4. The van der Waals surface area contributed by atoms with Gasteiger partial charge in [0.15, 0.2) is 25.2 Å². The van der Waals surface area contributed by atoms with Gasteiger partial charge < -0.3 is 109 Å². The van der Waals surface area contributed by atoms with Crippen molar-refractivity contribution in [1.82, 2.24) is 5.32 Å². The Labute approximate surface area is 431 Å². The Morgan fingerprint density at radius 1 is 0.486 bits per heavy atom. The molecule has 0 unspecified atom stereocenters. The van der Waals surface area contributed by atoms with Crippen LogP contribution in [0.3, 0.4) is 0 Å². The van der Waals surface area contributed by atoms with Crippen LogP contribution < -0.4 is 5.32 Å². The summed E-state index contributed by atoms with van der Waals surface area (Å²) >= 11 is 0. The summed E-state index contributed by atoms with van der Waals surface area (Å²) in [6, 6.07) is 0. The lowest BCUT2D eigenvalue weighted by Crippen LogP contribution is -2.68. The van der Waals surface area contributed by atoms with Crippen LogP contribution in [0.1, 0.15) is 91.9 Å². The van der Waals surface area contributed by atoms with Crippen molar-refractivity contribution in [3.05, 3.63) is 0 Å². The van der Waals surface area contributed by atoms with Gasteiger partial charge in [0.1, 0.15) is 103 Å². The van der Waals surface area contributed by atoms with Gasteiger partial charge in [0.25, 0.3) is 0 Å². The molecule has 426 valence electrons. The minimum Gasteiger partial charge on any atom is -0.394 e. The Balaban J connectivity index is 0.820. The van der Waals surface area contributed by atoms with Gasteiger partial charge in [-0.2, -0.15) is 0 Å². The smallest absolute Gasteiger partial charge is 0.187 e. The molecule has 0 aromatic carbocycles. The summed E-state index contributed by atoms with van der Waals surface area (Å²) in [5, 5.41) is 144. The number of piperidine rings is 1. The molecule has 4 aliphatic carbocycles. The molecule has 4 saturated carbocycles. The predicted molar refractivity (Wildman–Crippen MR) is 250 cm³/mol. The zero-order valence-electron chi connectivity index (χ0n) is 42.8. The number of ether oxygens (including phenoxy) is 9. The molecule has 0 radical (unpaired) electrons. The second-order valence-corrected chi connectivity index (χ2v) is 24.5. The van der Waals surface area contributed by atoms with Crippen LogP contribution in [0.2, 0.25) is 0 Å². The number of nitrogens with one attached hydrogen (secondary N) is 1. The van der Waals surface area contributed by atoms with Crippen LogP contribution in [0.5, 0.6) is 0 Å². The Morgan fingerprint density at radius 3 is 1.64 bits per heavy atom. The summed E-state index contributed by atoms with van der Waals surface area (Å²) in [6.45, 7) is 7.38. The SMILES string of the molecule is C[C@H]1CC[C@]2(NC1)O[C@H]1C[C@H]3[C@@H]4CC[C@H]5C[C@@H](O[C@@H]6O[C@H](CO)[C@H](O[C@@H]7O[C@H](CO)[C@@H](O)[C@H](O[C@@H]8O[C@H](CO)[C@@H](O)[C@H](O)[C@H]8O)[C@H]7O[C@@H]7O[C@H](CO)[C@@H](O)[C@H](O)[C@H]7O)[C@H](O)[C@H]6O)CC[C@]5(C)[C@H]4CC[C@]3(C)[C@H]1[C@@H]2C. The maximum Gasteiger partial charge on any atom is 0.187 e. The average molecular weight is 1060 g/mol. The monoisotopic (exact) mass is 1060 g/mol. The van der Waals surface area contributed by atoms with Gasteiger partial charge >= 0.3 is 0 Å². The van der Waals surface area contributed by atoms with Crippen molar-refractivity contribution in [2.45, 2.75) is 233 Å². The lowest BCUT2D eigenvalue weighted by atomic mass is 9.44. The molecule has 1 spiro atoms. The normalized spacial score (nSPS) is 57.6. The van der Waals surface area contributed by atoms with Gasteiger partial charge in [0.2, 0.25) is 0 Å². The van der Waals surface area contributed by atoms with Gasteiger partial charge in [0, 0.05) is 12.5 Å². The standard InChI is InChI=1S/C51H85NO22/c1-20-7-12-51(52-15-20)21(2)32-27(74-51)14-26-24-6-5-22-13-23(8-10-49(22,3)25(24)9-11-50(26,32)4)66-45-41(65)38(62)42(31(19-56)70-45)71-48-44(73-47-40(64)37(61)34(58)29(17-54)68-47)43(35(59)30(18-55)69-48)72-46-39(63)36(60)33(57)28(16-53)67-46/h20-48,52-65H,5-19H2,1-4H3/t20-,21-,22-,23-,24+,25-,26-,27-,28+,29+,30+,31+,32-,33+,34+,35+,36-,37-,38+,39+,40+,41+,42-,43-,44+,45+,46-,47-,48-,49-,50-,51-/m0/s1. The maximum absolute atomic E-state index is 11.8. The summed E-state index contributed by atoms with van der Waals surface area (Å²) < 4.78 is 55.2. The number of hydrogen-bond donors (Lipinski definition) is 14. The molecule has 14 N–H and O–H groups in total. The summed E-state index contributed by atoms with van der Waals surface area (Å²) in [7, 11) is 0. The first-order valence-electron chi connectivity index (χ1n) is 27.4. The van der Waals surface area contributed by atoms with Crippen LogP contribution >= 0.6 is 0 Å². The van der Waals surface area contributed by atoms with Gasteiger partial charge in [-0.15, -0.1) is 0 Å². The molecule has 6 aliphatic heterocycles. The second-order valence-electron chi connectivity index (χ2n) is 24.5. The van der Waals surface area contributed by atoms with Crippen molar-refractivity contribution in [1.29, 1.82) is 0 Å². The zero-order chi connectivity index (χ0) is 52.9. The fourth-order valence-electron chi connectivity index (χ4n) is 16.3. The number of fused-ring (bicyclic) bond motifs is 7. The van der Waals surface area contributed by atoms with Crippen LogP contribution in [0.4, 0.5) is 0 Å². The highest BCUT2D eigenvalue weighted by Crippen LogP contribution is 2.71. The second kappa shape index (κ2) is 21.9. The number of aliphatic hydroxyl groups is 13. The van der Waals surface area contributed by atoms with Crippen molar-refractivity contribution in [2.24, 2.45) is 52.3 Å². The van der Waals surface area contributed by atoms with Crippen molar-refractivity contribution in [2.75, 3.05) is 33.0 Å². The molecular formula is C51H85NO22. The molecule has 23 heteroatoms. The maximum atomic E-state index is 11.8. The topological polar surface area (TPSA) is 358 Å². The summed E-state index contributed by atoms with van der Waals surface area (Å²) in [5.41, 5.74) is 0.118. The van der Waals surface area contributed by atoms with E-state index in [0.717, 1.165) is 45.1 Å². The van der Waals surface area contributed by atoms with E-state index < -0.39 is 149 Å². The molecule has 10 rings (SSSR count). The van der Waals surface area contributed by atoms with Crippen LogP contribution in [0.15, 0.2) is 0 Å². The van der Waals surface area contributed by atoms with E-state index >= 15 is 0 Å². The molecule has 10 fully saturated rings. The Morgan fingerprint density at radius 2 is 1.03 bits per heavy atom. The highest BCUT2D eigenvalue weighted by atomic mass is 16.8. The lowest BCUT2D eigenvalue weighted by molar-refractivity contribution is -0.406. The van der Waals surface area contributed by atoms with Crippen molar-refractivity contribution in [3.8, 4) is 0 Å². The van der Waals surface area contributed by atoms with E-state index in [1.54, 1.807) is 0 Å². The third-order valence-corrected chi connectivity index (χ3v) is 20.6. The van der Waals surface area contributed by atoms with Crippen molar-refractivity contribution < 1.29 is 109 Å². The Hall–Kier alpha value is -0.920. The molecule has 6 heterocycles. The molecule has 0 aromatic rings. The molecule has 0 amide bonds. The Bertz CT molecular complexity index is 1880. The lowest BCUT2D eigenvalue weighted by Gasteiger charge is -2.61. The molecule has 74 heavy (non-hydrogen) atoms. The molecule has 32 atom stereocenters. The van der Waals surface area contributed by atoms with Crippen LogP contribution in [-0.2, 0) is 42.6 Å². The molecule has 0 aromatic heterocycles. The van der Waals surface area contributed by atoms with E-state index in [1.165, 1.54) is 19.3 Å². The van der Waals surface area contributed by atoms with Crippen molar-refractivity contribution in [3.63, 3.8) is 0 Å². The third kappa shape index (κ3) is 9.56. The van der Waals surface area contributed by atoms with E-state index in [9.17, 15) is 66.4 Å². The highest BCUT2D eigenvalue weighted by Gasteiger charge is 2.69. The largest absolute Gasteiger partial charge is 0.394 e. The quantitative estimate of drug-likeness (QED) is 0.0850.